The van der Waals surface area contributed by atoms with Gasteiger partial charge in [-0.1, -0.05) is 13.5 Å². The van der Waals surface area contributed by atoms with Crippen LogP contribution in [0.5, 0.6) is 11.5 Å². The van der Waals surface area contributed by atoms with E-state index >= 15 is 0 Å². The Labute approximate surface area is 170 Å². The first-order chi connectivity index (χ1) is 11.4. The van der Waals surface area contributed by atoms with Crippen molar-refractivity contribution < 1.29 is 34.1 Å². The normalized spacial score (nSPS) is 9.70. The summed E-state index contributed by atoms with van der Waals surface area (Å²) in [6.45, 7) is 1.87. The molecule has 1 rings (SSSR count). The van der Waals surface area contributed by atoms with E-state index in [1.54, 1.807) is 0 Å². The summed E-state index contributed by atoms with van der Waals surface area (Å²) >= 11 is 0. The van der Waals surface area contributed by atoms with Gasteiger partial charge in [-0.25, -0.2) is 0 Å². The molecule has 0 bridgehead atoms. The van der Waals surface area contributed by atoms with Gasteiger partial charge in [-0.3, -0.25) is 9.59 Å². The molecule has 1 aromatic carbocycles. The molecule has 0 heterocycles. The number of hydrogen-bond donors (Lipinski definition) is 4. The lowest BCUT2D eigenvalue weighted by molar-refractivity contribution is -0.168. The fourth-order valence-electron chi connectivity index (χ4n) is 1.61. The molecule has 1 atom stereocenters. The topological polar surface area (TPSA) is 162 Å². The minimum atomic E-state index is -0.980. The van der Waals surface area contributed by atoms with Crippen molar-refractivity contribution in [3.05, 3.63) is 23.8 Å². The van der Waals surface area contributed by atoms with Crippen LogP contribution in [-0.4, -0.2) is 48.3 Å². The number of rotatable bonds is 8. The summed E-state index contributed by atoms with van der Waals surface area (Å²) in [5, 5.41) is 18.5. The fraction of sp³-hybridized carbons (Fsp3) is 0.438. The van der Waals surface area contributed by atoms with Gasteiger partial charge >= 0.3 is 11.9 Å². The second kappa shape index (κ2) is 18.7. The van der Waals surface area contributed by atoms with Crippen LogP contribution >= 0.6 is 24.8 Å². The van der Waals surface area contributed by atoms with Gasteiger partial charge in [0.05, 0.1) is 0 Å². The molecule has 0 saturated heterocycles. The first-order valence-electron chi connectivity index (χ1n) is 7.01. The maximum atomic E-state index is 11.6. The molecule has 0 radical (unpaired) electrons. The van der Waals surface area contributed by atoms with E-state index in [1.807, 2.05) is 6.79 Å². The summed E-state index contributed by atoms with van der Waals surface area (Å²) in [6.07, 6.45) is 0.761. The van der Waals surface area contributed by atoms with Crippen molar-refractivity contribution in [1.82, 2.24) is 0 Å². The molecular weight excluding hydrogens is 403 g/mol. The Morgan fingerprint density at radius 3 is 2.22 bits per heavy atom. The van der Waals surface area contributed by atoms with Crippen molar-refractivity contribution in [2.75, 3.05) is 13.3 Å². The average molecular weight is 431 g/mol. The Balaban J connectivity index is -0.000000511. The SMILES string of the molecule is C.C=O.Cl.Cl.NCCCC(=O)OCOC(=O)[C@@H](N)Cc1ccc(O)c(O)c1. The van der Waals surface area contributed by atoms with Crippen LogP contribution < -0.4 is 11.5 Å². The average Bonchev–Trinajstić information content (AvgIpc) is 2.58. The number of carbonyl (C=O) groups is 3. The summed E-state index contributed by atoms with van der Waals surface area (Å²) in [7, 11) is 0. The molecule has 0 aromatic heterocycles. The number of phenols is 2. The molecule has 0 aliphatic heterocycles. The molecule has 0 saturated carbocycles. The third kappa shape index (κ3) is 13.8. The zero-order valence-electron chi connectivity index (χ0n) is 14.0. The highest BCUT2D eigenvalue weighted by Gasteiger charge is 2.17. The summed E-state index contributed by atoms with van der Waals surface area (Å²) in [6, 6.07) is 3.14. The molecule has 158 valence electrons. The van der Waals surface area contributed by atoms with E-state index in [0.717, 1.165) is 0 Å². The summed E-state index contributed by atoms with van der Waals surface area (Å²) in [5.41, 5.74) is 11.5. The van der Waals surface area contributed by atoms with E-state index in [-0.39, 0.29) is 56.6 Å². The van der Waals surface area contributed by atoms with Crippen molar-refractivity contribution >= 4 is 43.5 Å². The Morgan fingerprint density at radius 2 is 1.70 bits per heavy atom. The van der Waals surface area contributed by atoms with Crippen LogP contribution in [-0.2, 0) is 30.3 Å². The molecule has 27 heavy (non-hydrogen) atoms. The smallest absolute Gasteiger partial charge is 0.326 e. The van der Waals surface area contributed by atoms with Gasteiger partial charge in [0, 0.05) is 6.42 Å². The Kier molecular flexibility index (Phi) is 22.6. The minimum Gasteiger partial charge on any atom is -0.504 e. The molecule has 0 unspecified atom stereocenters. The minimum absolute atomic E-state index is 0. The van der Waals surface area contributed by atoms with Gasteiger partial charge in [0.15, 0.2) is 11.5 Å². The molecule has 1 aromatic rings. The quantitative estimate of drug-likeness (QED) is 0.268. The van der Waals surface area contributed by atoms with Crippen LogP contribution in [0.4, 0.5) is 0 Å². The van der Waals surface area contributed by atoms with Crippen molar-refractivity contribution in [3.8, 4) is 11.5 Å². The van der Waals surface area contributed by atoms with Crippen LogP contribution in [0.15, 0.2) is 18.2 Å². The van der Waals surface area contributed by atoms with Crippen LogP contribution in [0.25, 0.3) is 0 Å². The molecule has 9 nitrogen and oxygen atoms in total. The zero-order valence-corrected chi connectivity index (χ0v) is 15.6. The van der Waals surface area contributed by atoms with Crippen LogP contribution in [0, 0.1) is 0 Å². The Hall–Kier alpha value is -2.07. The van der Waals surface area contributed by atoms with E-state index < -0.39 is 24.8 Å². The predicted octanol–water partition coefficient (Wildman–Crippen LogP) is 1.05. The second-order valence-electron chi connectivity index (χ2n) is 4.62. The molecule has 0 aliphatic rings. The highest BCUT2D eigenvalue weighted by Crippen LogP contribution is 2.25. The van der Waals surface area contributed by atoms with E-state index in [2.05, 4.69) is 4.74 Å². The van der Waals surface area contributed by atoms with Crippen LogP contribution in [0.3, 0.4) is 0 Å². The molecule has 0 spiro atoms. The highest BCUT2D eigenvalue weighted by atomic mass is 35.5. The largest absolute Gasteiger partial charge is 0.504 e. The summed E-state index contributed by atoms with van der Waals surface area (Å²) < 4.78 is 9.41. The summed E-state index contributed by atoms with van der Waals surface area (Å²) in [5.74, 6) is -1.80. The number of halogens is 2. The van der Waals surface area contributed by atoms with Crippen molar-refractivity contribution in [2.24, 2.45) is 11.5 Å². The molecule has 11 heteroatoms. The number of benzene rings is 1. The molecule has 0 amide bonds. The standard InChI is InChI=1S/C14H20N2O6.CH2O.CH4.2ClH/c15-5-1-2-13(19)21-8-22-14(20)10(16)6-9-3-4-11(17)12(18)7-9;1-2;;;/h3-4,7,10,17-18H,1-2,5-6,8,15-16H2;1H2;1H4;2*1H/t10-;;;;/m0..../s1. The van der Waals surface area contributed by atoms with Gasteiger partial charge < -0.3 is 35.9 Å². The van der Waals surface area contributed by atoms with E-state index in [9.17, 15) is 19.8 Å². The maximum Gasteiger partial charge on any atom is 0.326 e. The van der Waals surface area contributed by atoms with Crippen LogP contribution in [0.1, 0.15) is 25.8 Å². The lowest BCUT2D eigenvalue weighted by atomic mass is 10.1. The Bertz CT molecular complexity index is 548. The van der Waals surface area contributed by atoms with Crippen molar-refractivity contribution in [2.45, 2.75) is 32.7 Å². The number of phenolic OH excluding ortho intramolecular Hbond substituents is 2. The molecule has 6 N–H and O–H groups in total. The number of nitrogens with two attached hydrogens (primary N) is 2. The van der Waals surface area contributed by atoms with Gasteiger partial charge in [0.1, 0.15) is 12.8 Å². The number of carbonyl (C=O) groups excluding carboxylic acids is 3. The number of aromatic hydroxyl groups is 2. The monoisotopic (exact) mass is 430 g/mol. The van der Waals surface area contributed by atoms with E-state index in [0.29, 0.717) is 18.5 Å². The van der Waals surface area contributed by atoms with Crippen molar-refractivity contribution in [1.29, 1.82) is 0 Å². The number of esters is 2. The van der Waals surface area contributed by atoms with Gasteiger partial charge in [-0.2, -0.15) is 0 Å². The Morgan fingerprint density at radius 1 is 1.11 bits per heavy atom. The third-order valence-corrected chi connectivity index (χ3v) is 2.80. The molecular formula is C16H28Cl2N2O7. The van der Waals surface area contributed by atoms with Gasteiger partial charge in [0.25, 0.3) is 0 Å². The first-order valence-corrected chi connectivity index (χ1v) is 7.01. The highest BCUT2D eigenvalue weighted by molar-refractivity contribution is 5.85. The van der Waals surface area contributed by atoms with Gasteiger partial charge in [-0.05, 0) is 37.1 Å². The zero-order chi connectivity index (χ0) is 18.5. The predicted molar refractivity (Wildman–Crippen MR) is 105 cm³/mol. The van der Waals surface area contributed by atoms with Gasteiger partial charge in [0.2, 0.25) is 6.79 Å². The van der Waals surface area contributed by atoms with E-state index in [4.69, 9.17) is 21.0 Å². The van der Waals surface area contributed by atoms with Crippen molar-refractivity contribution in [3.63, 3.8) is 0 Å². The second-order valence-corrected chi connectivity index (χ2v) is 4.62. The summed E-state index contributed by atoms with van der Waals surface area (Å²) in [4.78, 5) is 30.8. The maximum absolute atomic E-state index is 11.6. The third-order valence-electron chi connectivity index (χ3n) is 2.80. The number of hydrogen-bond acceptors (Lipinski definition) is 9. The fourth-order valence-corrected chi connectivity index (χ4v) is 1.61. The molecule has 0 fully saturated rings. The lowest BCUT2D eigenvalue weighted by Crippen LogP contribution is -2.35. The molecule has 0 aliphatic carbocycles. The van der Waals surface area contributed by atoms with E-state index in [1.165, 1.54) is 18.2 Å². The van der Waals surface area contributed by atoms with Gasteiger partial charge in [-0.15, -0.1) is 24.8 Å². The van der Waals surface area contributed by atoms with Crippen LogP contribution in [0.2, 0.25) is 0 Å². The first kappa shape index (κ1) is 32.6. The lowest BCUT2D eigenvalue weighted by Gasteiger charge is -2.12. The number of ether oxygens (including phenoxy) is 2.